The quantitative estimate of drug-likeness (QED) is 0.181. The van der Waals surface area contributed by atoms with Crippen LogP contribution in [0.25, 0.3) is 0 Å². The summed E-state index contributed by atoms with van der Waals surface area (Å²) in [5, 5.41) is 6.98. The first kappa shape index (κ1) is 36.8. The number of ether oxygens (including phenoxy) is 3. The molecule has 0 rings (SSSR count). The molecule has 0 heterocycles. The molecule has 5 nitrogen and oxygen atoms in total. The third-order valence-electron chi connectivity index (χ3n) is 9.10. The van der Waals surface area contributed by atoms with Crippen molar-refractivity contribution in [3.05, 3.63) is 0 Å². The van der Waals surface area contributed by atoms with Crippen molar-refractivity contribution < 1.29 is 14.2 Å². The summed E-state index contributed by atoms with van der Waals surface area (Å²) in [7, 11) is 2.01. The standard InChI is InChI=1S/C32H68N2O3/c1-23(2)34-26(5)20-29(9,10)36-22-25(4)30(11,12)32(15,16)35-19-18-24(3)31(13,14)37-27(6)21-28(7,8)33-17/h23-27,33-34H,18-22H2,1-17H3. The van der Waals surface area contributed by atoms with Gasteiger partial charge in [0.15, 0.2) is 0 Å². The van der Waals surface area contributed by atoms with Crippen LogP contribution >= 0.6 is 0 Å². The Morgan fingerprint density at radius 3 is 1.73 bits per heavy atom. The Morgan fingerprint density at radius 1 is 0.703 bits per heavy atom. The molecule has 0 radical (unpaired) electrons. The highest BCUT2D eigenvalue weighted by molar-refractivity contribution is 4.92. The molecule has 5 heteroatoms. The summed E-state index contributed by atoms with van der Waals surface area (Å²) in [6.07, 6.45) is 3.11. The lowest BCUT2D eigenvalue weighted by molar-refractivity contribution is -0.151. The van der Waals surface area contributed by atoms with Crippen LogP contribution in [0, 0.1) is 17.3 Å². The van der Waals surface area contributed by atoms with E-state index >= 15 is 0 Å². The summed E-state index contributed by atoms with van der Waals surface area (Å²) >= 11 is 0. The van der Waals surface area contributed by atoms with Gasteiger partial charge in [0.25, 0.3) is 0 Å². The lowest BCUT2D eigenvalue weighted by Crippen LogP contribution is -2.48. The van der Waals surface area contributed by atoms with Gasteiger partial charge in [-0.1, -0.05) is 41.5 Å². The largest absolute Gasteiger partial charge is 0.375 e. The van der Waals surface area contributed by atoms with E-state index in [0.717, 1.165) is 32.5 Å². The number of nitrogens with one attached hydrogen (secondary N) is 2. The van der Waals surface area contributed by atoms with E-state index in [0.29, 0.717) is 23.9 Å². The lowest BCUT2D eigenvalue weighted by atomic mass is 9.68. The van der Waals surface area contributed by atoms with Crippen molar-refractivity contribution >= 4 is 0 Å². The third-order valence-corrected chi connectivity index (χ3v) is 9.10. The van der Waals surface area contributed by atoms with E-state index in [1.165, 1.54) is 0 Å². The van der Waals surface area contributed by atoms with Crippen LogP contribution in [-0.2, 0) is 14.2 Å². The fourth-order valence-electron chi connectivity index (χ4n) is 5.10. The SMILES string of the molecule is CNC(C)(C)CC(C)OC(C)(C)C(C)CCOC(C)(C)C(C)(C)C(C)COC(C)(C)CC(C)NC(C)C. The van der Waals surface area contributed by atoms with Crippen LogP contribution in [-0.4, -0.2) is 60.8 Å². The highest BCUT2D eigenvalue weighted by Gasteiger charge is 2.43. The van der Waals surface area contributed by atoms with Gasteiger partial charge in [-0.2, -0.15) is 0 Å². The molecule has 0 saturated carbocycles. The van der Waals surface area contributed by atoms with Crippen molar-refractivity contribution in [1.29, 1.82) is 0 Å². The zero-order valence-corrected chi connectivity index (χ0v) is 28.1. The molecule has 0 aliphatic rings. The van der Waals surface area contributed by atoms with Crippen LogP contribution in [0.1, 0.15) is 130 Å². The first-order valence-electron chi connectivity index (χ1n) is 14.9. The summed E-state index contributed by atoms with van der Waals surface area (Å²) in [6, 6.07) is 0.904. The smallest absolute Gasteiger partial charge is 0.0680 e. The van der Waals surface area contributed by atoms with Gasteiger partial charge in [0.2, 0.25) is 0 Å². The van der Waals surface area contributed by atoms with Gasteiger partial charge in [-0.25, -0.2) is 0 Å². The zero-order chi connectivity index (χ0) is 29.5. The minimum Gasteiger partial charge on any atom is -0.375 e. The molecular formula is C32H68N2O3. The second-order valence-electron chi connectivity index (χ2n) is 15.0. The van der Waals surface area contributed by atoms with Gasteiger partial charge in [0.05, 0.1) is 29.5 Å². The van der Waals surface area contributed by atoms with E-state index in [2.05, 4.69) is 121 Å². The molecule has 4 atom stereocenters. The van der Waals surface area contributed by atoms with Gasteiger partial charge >= 0.3 is 0 Å². The van der Waals surface area contributed by atoms with Gasteiger partial charge in [-0.15, -0.1) is 0 Å². The van der Waals surface area contributed by atoms with Crippen molar-refractivity contribution in [2.45, 2.75) is 171 Å². The van der Waals surface area contributed by atoms with Crippen LogP contribution in [0.4, 0.5) is 0 Å². The monoisotopic (exact) mass is 529 g/mol. The molecule has 224 valence electrons. The zero-order valence-electron chi connectivity index (χ0n) is 28.1. The van der Waals surface area contributed by atoms with E-state index in [1.807, 2.05) is 7.05 Å². The normalized spacial score (nSPS) is 17.7. The maximum absolute atomic E-state index is 6.59. The Labute approximate surface area is 232 Å². The van der Waals surface area contributed by atoms with E-state index in [9.17, 15) is 0 Å². The molecule has 0 fully saturated rings. The Bertz CT molecular complexity index is 640. The Balaban J connectivity index is 4.90. The Morgan fingerprint density at radius 2 is 1.24 bits per heavy atom. The molecule has 0 spiro atoms. The molecule has 0 saturated heterocycles. The van der Waals surface area contributed by atoms with E-state index < -0.39 is 0 Å². The summed E-state index contributed by atoms with van der Waals surface area (Å²) in [6.45, 7) is 37.2. The van der Waals surface area contributed by atoms with Gasteiger partial charge < -0.3 is 24.8 Å². The predicted octanol–water partition coefficient (Wildman–Crippen LogP) is 7.61. The first-order chi connectivity index (χ1) is 16.5. The maximum Gasteiger partial charge on any atom is 0.0680 e. The molecule has 0 aliphatic carbocycles. The molecular weight excluding hydrogens is 460 g/mol. The van der Waals surface area contributed by atoms with Crippen LogP contribution in [0.5, 0.6) is 0 Å². The minimum absolute atomic E-state index is 0.0482. The van der Waals surface area contributed by atoms with Gasteiger partial charge in [0.1, 0.15) is 0 Å². The Hall–Kier alpha value is -0.200. The summed E-state index contributed by atoms with van der Waals surface area (Å²) in [4.78, 5) is 0. The van der Waals surface area contributed by atoms with E-state index in [1.54, 1.807) is 0 Å². The third kappa shape index (κ3) is 13.1. The van der Waals surface area contributed by atoms with E-state index in [-0.39, 0.29) is 33.9 Å². The Kier molecular flexibility index (Phi) is 14.4. The van der Waals surface area contributed by atoms with Crippen LogP contribution < -0.4 is 10.6 Å². The molecule has 0 aromatic carbocycles. The average Bonchev–Trinajstić information content (AvgIpc) is 2.69. The van der Waals surface area contributed by atoms with Gasteiger partial charge in [-0.05, 0) is 113 Å². The average molecular weight is 529 g/mol. The number of hydrogen-bond acceptors (Lipinski definition) is 5. The van der Waals surface area contributed by atoms with Crippen molar-refractivity contribution in [3.63, 3.8) is 0 Å². The summed E-state index contributed by atoms with van der Waals surface area (Å²) in [5.74, 6) is 0.735. The number of hydrogen-bond donors (Lipinski definition) is 2. The van der Waals surface area contributed by atoms with Crippen molar-refractivity contribution in [3.8, 4) is 0 Å². The van der Waals surface area contributed by atoms with Crippen molar-refractivity contribution in [1.82, 2.24) is 10.6 Å². The molecule has 0 aromatic heterocycles. The van der Waals surface area contributed by atoms with Crippen LogP contribution in [0.3, 0.4) is 0 Å². The topological polar surface area (TPSA) is 51.8 Å². The van der Waals surface area contributed by atoms with E-state index in [4.69, 9.17) is 14.2 Å². The lowest BCUT2D eigenvalue weighted by Gasteiger charge is -2.46. The fraction of sp³-hybridized carbons (Fsp3) is 1.00. The van der Waals surface area contributed by atoms with Gasteiger partial charge in [0, 0.05) is 24.2 Å². The van der Waals surface area contributed by atoms with Crippen LogP contribution in [0.2, 0.25) is 0 Å². The second-order valence-corrected chi connectivity index (χ2v) is 15.0. The molecule has 0 aromatic rings. The molecule has 0 bridgehead atoms. The van der Waals surface area contributed by atoms with Crippen LogP contribution in [0.15, 0.2) is 0 Å². The molecule has 0 amide bonds. The molecule has 37 heavy (non-hydrogen) atoms. The predicted molar refractivity (Wildman–Crippen MR) is 162 cm³/mol. The van der Waals surface area contributed by atoms with Gasteiger partial charge in [-0.3, -0.25) is 0 Å². The van der Waals surface area contributed by atoms with Crippen molar-refractivity contribution in [2.24, 2.45) is 17.3 Å². The highest BCUT2D eigenvalue weighted by Crippen LogP contribution is 2.42. The summed E-state index contributed by atoms with van der Waals surface area (Å²) in [5.41, 5.74) is -0.636. The highest BCUT2D eigenvalue weighted by atomic mass is 16.5. The molecule has 4 unspecified atom stereocenters. The fourth-order valence-corrected chi connectivity index (χ4v) is 5.10. The maximum atomic E-state index is 6.59. The molecule has 0 aliphatic heterocycles. The second kappa shape index (κ2) is 14.4. The summed E-state index contributed by atoms with van der Waals surface area (Å²) < 4.78 is 19.6. The first-order valence-corrected chi connectivity index (χ1v) is 14.9. The molecule has 2 N–H and O–H groups in total. The minimum atomic E-state index is -0.277. The van der Waals surface area contributed by atoms with Crippen molar-refractivity contribution in [2.75, 3.05) is 20.3 Å². The number of rotatable bonds is 19.